The van der Waals surface area contributed by atoms with E-state index in [1.54, 1.807) is 6.92 Å². The van der Waals surface area contributed by atoms with Gasteiger partial charge in [-0.3, -0.25) is 0 Å². The lowest BCUT2D eigenvalue weighted by molar-refractivity contribution is -0.174. The highest BCUT2D eigenvalue weighted by Crippen LogP contribution is 2.14. The van der Waals surface area contributed by atoms with E-state index in [4.69, 9.17) is 9.47 Å². The molecule has 5 nitrogen and oxygen atoms in total. The van der Waals surface area contributed by atoms with Gasteiger partial charge in [-0.1, -0.05) is 37.6 Å². The highest BCUT2D eigenvalue weighted by Gasteiger charge is 2.40. The quantitative estimate of drug-likeness (QED) is 0.818. The van der Waals surface area contributed by atoms with E-state index in [9.17, 15) is 9.59 Å². The van der Waals surface area contributed by atoms with Gasteiger partial charge in [0.2, 0.25) is 0 Å². The smallest absolute Gasteiger partial charge is 0.408 e. The number of amides is 1. The van der Waals surface area contributed by atoms with Gasteiger partial charge in [-0.25, -0.2) is 9.59 Å². The fourth-order valence-electron chi connectivity index (χ4n) is 2.12. The van der Waals surface area contributed by atoms with Crippen molar-refractivity contribution in [3.63, 3.8) is 0 Å². The number of esters is 1. The standard InChI is InChI=1S/C16H21NO4/c1-3-4-5-12-6-8-13(9-7-12)10-20-16(19)17-14-11(2)21-15(14)18/h6-9,11,14H,3-5,10H2,1-2H3,(H,17,19)/t11-,14+/m0/s1. The number of alkyl carbamates (subject to hydrolysis) is 1. The molecule has 1 heterocycles. The topological polar surface area (TPSA) is 64.6 Å². The Kier molecular flexibility index (Phi) is 5.20. The molecule has 1 saturated heterocycles. The van der Waals surface area contributed by atoms with Gasteiger partial charge in [-0.15, -0.1) is 0 Å². The Morgan fingerprint density at radius 3 is 2.52 bits per heavy atom. The Hall–Kier alpha value is -2.04. The van der Waals surface area contributed by atoms with Crippen molar-refractivity contribution < 1.29 is 19.1 Å². The third-order valence-corrected chi connectivity index (χ3v) is 3.51. The van der Waals surface area contributed by atoms with Gasteiger partial charge in [0.05, 0.1) is 0 Å². The van der Waals surface area contributed by atoms with Crippen LogP contribution in [0.15, 0.2) is 24.3 Å². The van der Waals surface area contributed by atoms with Crippen LogP contribution in [0.4, 0.5) is 4.79 Å². The average molecular weight is 291 g/mol. The largest absolute Gasteiger partial charge is 0.458 e. The molecule has 1 fully saturated rings. The van der Waals surface area contributed by atoms with Crippen LogP contribution in [-0.2, 0) is 27.3 Å². The van der Waals surface area contributed by atoms with Crippen LogP contribution in [0.1, 0.15) is 37.8 Å². The molecule has 21 heavy (non-hydrogen) atoms. The molecule has 114 valence electrons. The van der Waals surface area contributed by atoms with Crippen molar-refractivity contribution in [3.05, 3.63) is 35.4 Å². The summed E-state index contributed by atoms with van der Waals surface area (Å²) >= 11 is 0. The Morgan fingerprint density at radius 2 is 1.95 bits per heavy atom. The molecular formula is C16H21NO4. The van der Waals surface area contributed by atoms with E-state index in [-0.39, 0.29) is 12.7 Å². The van der Waals surface area contributed by atoms with E-state index >= 15 is 0 Å². The van der Waals surface area contributed by atoms with Crippen molar-refractivity contribution in [3.8, 4) is 0 Å². The molecule has 0 unspecified atom stereocenters. The molecule has 0 spiro atoms. The molecule has 1 aromatic carbocycles. The van der Waals surface area contributed by atoms with E-state index < -0.39 is 18.1 Å². The molecule has 0 radical (unpaired) electrons. The summed E-state index contributed by atoms with van der Waals surface area (Å²) in [6, 6.07) is 7.43. The van der Waals surface area contributed by atoms with Crippen molar-refractivity contribution >= 4 is 12.1 Å². The summed E-state index contributed by atoms with van der Waals surface area (Å²) in [5, 5.41) is 2.49. The third-order valence-electron chi connectivity index (χ3n) is 3.51. The van der Waals surface area contributed by atoms with E-state index in [1.807, 2.05) is 12.1 Å². The fourth-order valence-corrected chi connectivity index (χ4v) is 2.12. The third kappa shape index (κ3) is 4.21. The Bertz CT molecular complexity index is 498. The number of carbonyl (C=O) groups excluding carboxylic acids is 2. The number of aryl methyl sites for hydroxylation is 1. The molecule has 2 rings (SSSR count). The zero-order valence-electron chi connectivity index (χ0n) is 12.4. The van der Waals surface area contributed by atoms with Crippen LogP contribution >= 0.6 is 0 Å². The molecule has 1 aliphatic heterocycles. The number of ether oxygens (including phenoxy) is 2. The lowest BCUT2D eigenvalue weighted by atomic mass is 10.1. The summed E-state index contributed by atoms with van der Waals surface area (Å²) < 4.78 is 9.85. The number of rotatable bonds is 6. The first-order chi connectivity index (χ1) is 10.1. The number of hydrogen-bond acceptors (Lipinski definition) is 4. The SMILES string of the molecule is CCCCc1ccc(COC(=O)N[C@H]2C(=O)O[C@H]2C)cc1. The van der Waals surface area contributed by atoms with Crippen molar-refractivity contribution in [2.24, 2.45) is 0 Å². The minimum Gasteiger partial charge on any atom is -0.458 e. The monoisotopic (exact) mass is 291 g/mol. The predicted molar refractivity (Wildman–Crippen MR) is 77.7 cm³/mol. The van der Waals surface area contributed by atoms with Crippen molar-refractivity contribution in [2.75, 3.05) is 0 Å². The van der Waals surface area contributed by atoms with Gasteiger partial charge in [0.25, 0.3) is 0 Å². The second kappa shape index (κ2) is 7.11. The summed E-state index contributed by atoms with van der Waals surface area (Å²) in [6.45, 7) is 4.08. The molecule has 1 aliphatic rings. The number of unbranched alkanes of at least 4 members (excludes halogenated alkanes) is 1. The van der Waals surface area contributed by atoms with Gasteiger partial charge in [0.1, 0.15) is 12.7 Å². The highest BCUT2D eigenvalue weighted by molar-refractivity contribution is 5.86. The molecule has 0 saturated carbocycles. The minimum atomic E-state index is -0.599. The second-order valence-electron chi connectivity index (χ2n) is 5.26. The maximum Gasteiger partial charge on any atom is 0.408 e. The molecule has 0 aromatic heterocycles. The van der Waals surface area contributed by atoms with Crippen LogP contribution < -0.4 is 5.32 Å². The van der Waals surface area contributed by atoms with E-state index in [0.717, 1.165) is 12.0 Å². The first kappa shape index (κ1) is 15.4. The molecule has 5 heteroatoms. The van der Waals surface area contributed by atoms with Crippen molar-refractivity contribution in [2.45, 2.75) is 51.9 Å². The molecule has 1 amide bonds. The molecule has 0 aliphatic carbocycles. The first-order valence-corrected chi connectivity index (χ1v) is 7.31. The summed E-state index contributed by atoms with van der Waals surface area (Å²) in [5.74, 6) is -0.417. The number of cyclic esters (lactones) is 1. The van der Waals surface area contributed by atoms with Gasteiger partial charge >= 0.3 is 12.1 Å². The molecule has 1 N–H and O–H groups in total. The lowest BCUT2D eigenvalue weighted by Gasteiger charge is -2.32. The van der Waals surface area contributed by atoms with Gasteiger partial charge in [-0.05, 0) is 30.9 Å². The number of nitrogens with one attached hydrogen (secondary N) is 1. The van der Waals surface area contributed by atoms with Gasteiger partial charge in [0.15, 0.2) is 6.04 Å². The zero-order valence-corrected chi connectivity index (χ0v) is 12.4. The maximum atomic E-state index is 11.6. The number of hydrogen-bond donors (Lipinski definition) is 1. The van der Waals surface area contributed by atoms with E-state index in [2.05, 4.69) is 24.4 Å². The Labute approximate surface area is 124 Å². The molecule has 2 atom stereocenters. The maximum absolute atomic E-state index is 11.6. The predicted octanol–water partition coefficient (Wildman–Crippen LogP) is 2.57. The van der Waals surface area contributed by atoms with Crippen LogP contribution in [0.5, 0.6) is 0 Å². The molecular weight excluding hydrogens is 270 g/mol. The summed E-state index contributed by atoms with van der Waals surface area (Å²) in [7, 11) is 0. The lowest BCUT2D eigenvalue weighted by Crippen LogP contribution is -2.58. The summed E-state index contributed by atoms with van der Waals surface area (Å²) in [4.78, 5) is 22.7. The van der Waals surface area contributed by atoms with Crippen molar-refractivity contribution in [1.82, 2.24) is 5.32 Å². The van der Waals surface area contributed by atoms with Gasteiger partial charge in [-0.2, -0.15) is 0 Å². The molecule has 0 bridgehead atoms. The van der Waals surface area contributed by atoms with Crippen LogP contribution in [-0.4, -0.2) is 24.2 Å². The summed E-state index contributed by atoms with van der Waals surface area (Å²) in [5.41, 5.74) is 2.21. The number of carbonyl (C=O) groups is 2. The van der Waals surface area contributed by atoms with Crippen LogP contribution in [0.3, 0.4) is 0 Å². The highest BCUT2D eigenvalue weighted by atomic mass is 16.6. The van der Waals surface area contributed by atoms with Crippen molar-refractivity contribution in [1.29, 1.82) is 0 Å². The van der Waals surface area contributed by atoms with Crippen LogP contribution in [0.25, 0.3) is 0 Å². The van der Waals surface area contributed by atoms with E-state index in [1.165, 1.54) is 18.4 Å². The normalized spacial score (nSPS) is 20.4. The average Bonchev–Trinajstić information content (AvgIpc) is 2.50. The minimum absolute atomic E-state index is 0.191. The van der Waals surface area contributed by atoms with Gasteiger partial charge in [0, 0.05) is 0 Å². The fraction of sp³-hybridized carbons (Fsp3) is 0.500. The first-order valence-electron chi connectivity index (χ1n) is 7.31. The molecule has 1 aromatic rings. The van der Waals surface area contributed by atoms with E-state index in [0.29, 0.717) is 0 Å². The van der Waals surface area contributed by atoms with Gasteiger partial charge < -0.3 is 14.8 Å². The van der Waals surface area contributed by atoms with Crippen LogP contribution in [0, 0.1) is 0 Å². The Morgan fingerprint density at radius 1 is 1.29 bits per heavy atom. The zero-order chi connectivity index (χ0) is 15.2. The summed E-state index contributed by atoms with van der Waals surface area (Å²) in [6.07, 6.45) is 2.53. The van der Waals surface area contributed by atoms with Crippen LogP contribution in [0.2, 0.25) is 0 Å². The second-order valence-corrected chi connectivity index (χ2v) is 5.26. The Balaban J connectivity index is 1.74. The number of benzene rings is 1.